The van der Waals surface area contributed by atoms with Crippen LogP contribution in [0.2, 0.25) is 5.02 Å². The molecule has 2 heterocycles. The highest BCUT2D eigenvalue weighted by atomic mass is 35.5. The van der Waals surface area contributed by atoms with Gasteiger partial charge in [-0.25, -0.2) is 4.98 Å². The van der Waals surface area contributed by atoms with Crippen molar-refractivity contribution in [3.8, 4) is 0 Å². The van der Waals surface area contributed by atoms with Crippen LogP contribution in [0.3, 0.4) is 0 Å². The third kappa shape index (κ3) is 5.81. The molecule has 0 spiro atoms. The fraction of sp³-hybridized carbons (Fsp3) is 0.238. The summed E-state index contributed by atoms with van der Waals surface area (Å²) in [5, 5.41) is 13.1. The molecule has 4 aromatic rings. The van der Waals surface area contributed by atoms with Crippen LogP contribution in [0.1, 0.15) is 16.5 Å². The first-order chi connectivity index (χ1) is 14.7. The fourth-order valence-electron chi connectivity index (χ4n) is 2.81. The largest absolute Gasteiger partial charge is 0.416 e. The van der Waals surface area contributed by atoms with Gasteiger partial charge in [0.05, 0.1) is 21.0 Å². The predicted molar refractivity (Wildman–Crippen MR) is 120 cm³/mol. The molecule has 2 aromatic heterocycles. The number of rotatable bonds is 9. The van der Waals surface area contributed by atoms with Gasteiger partial charge in [-0.15, -0.1) is 21.5 Å². The lowest BCUT2D eigenvalue weighted by molar-refractivity contribution is -0.118. The SMILES string of the molecule is O=C(CSc1nnc(CCc2nc3ccccc3s2)o1)NCCc1ccc(Cl)cc1. The summed E-state index contributed by atoms with van der Waals surface area (Å²) in [6.07, 6.45) is 2.13. The lowest BCUT2D eigenvalue weighted by atomic mass is 10.1. The molecule has 0 aliphatic carbocycles. The van der Waals surface area contributed by atoms with E-state index in [1.807, 2.05) is 42.5 Å². The van der Waals surface area contributed by atoms with Gasteiger partial charge < -0.3 is 9.73 Å². The zero-order valence-corrected chi connectivity index (χ0v) is 18.4. The Morgan fingerprint density at radius 1 is 1.07 bits per heavy atom. The molecule has 2 aromatic carbocycles. The summed E-state index contributed by atoms with van der Waals surface area (Å²) in [6.45, 7) is 0.568. The number of thioether (sulfide) groups is 1. The van der Waals surface area contributed by atoms with Gasteiger partial charge in [0.2, 0.25) is 11.8 Å². The average Bonchev–Trinajstić information content (AvgIpc) is 3.38. The van der Waals surface area contributed by atoms with Crippen molar-refractivity contribution in [1.82, 2.24) is 20.5 Å². The molecule has 9 heteroatoms. The van der Waals surface area contributed by atoms with Gasteiger partial charge in [-0.3, -0.25) is 4.79 Å². The van der Waals surface area contributed by atoms with E-state index in [4.69, 9.17) is 16.0 Å². The van der Waals surface area contributed by atoms with E-state index in [0.717, 1.165) is 28.9 Å². The van der Waals surface area contributed by atoms with E-state index in [2.05, 4.69) is 26.6 Å². The molecule has 6 nitrogen and oxygen atoms in total. The van der Waals surface area contributed by atoms with Gasteiger partial charge in [-0.05, 0) is 36.2 Å². The third-order valence-electron chi connectivity index (χ3n) is 4.32. The molecule has 0 saturated heterocycles. The number of fused-ring (bicyclic) bond motifs is 1. The van der Waals surface area contributed by atoms with Crippen LogP contribution in [0.15, 0.2) is 58.2 Å². The second kappa shape index (κ2) is 10.1. The molecule has 0 bridgehead atoms. The summed E-state index contributed by atoms with van der Waals surface area (Å²) < 4.78 is 6.82. The van der Waals surface area contributed by atoms with Crippen molar-refractivity contribution in [2.45, 2.75) is 24.5 Å². The number of hydrogen-bond donors (Lipinski definition) is 1. The maximum absolute atomic E-state index is 12.0. The molecule has 0 unspecified atom stereocenters. The van der Waals surface area contributed by atoms with E-state index in [9.17, 15) is 4.79 Å². The van der Waals surface area contributed by atoms with Crippen LogP contribution < -0.4 is 5.32 Å². The molecular weight excluding hydrogens is 440 g/mol. The Hall–Kier alpha value is -2.42. The summed E-state index contributed by atoms with van der Waals surface area (Å²) >= 11 is 8.79. The fourth-order valence-corrected chi connectivity index (χ4v) is 4.52. The zero-order valence-electron chi connectivity index (χ0n) is 16.0. The van der Waals surface area contributed by atoms with Gasteiger partial charge >= 0.3 is 0 Å². The van der Waals surface area contributed by atoms with Crippen molar-refractivity contribution in [2.75, 3.05) is 12.3 Å². The number of carbonyl (C=O) groups is 1. The third-order valence-corrected chi connectivity index (χ3v) is 6.48. The van der Waals surface area contributed by atoms with Crippen LogP contribution in [0.5, 0.6) is 0 Å². The highest BCUT2D eigenvalue weighted by Crippen LogP contribution is 2.23. The number of nitrogens with one attached hydrogen (secondary N) is 1. The van der Waals surface area contributed by atoms with Gasteiger partial charge in [0.15, 0.2) is 0 Å². The van der Waals surface area contributed by atoms with E-state index in [-0.39, 0.29) is 11.7 Å². The van der Waals surface area contributed by atoms with E-state index < -0.39 is 0 Å². The van der Waals surface area contributed by atoms with Crippen molar-refractivity contribution in [3.63, 3.8) is 0 Å². The van der Waals surface area contributed by atoms with Crippen molar-refractivity contribution < 1.29 is 9.21 Å². The standard InChI is InChI=1S/C21H19ClN4O2S2/c22-15-7-5-14(6-8-15)11-12-23-18(27)13-29-21-26-25-19(28-21)9-10-20-24-16-3-1-2-4-17(16)30-20/h1-8H,9-13H2,(H,23,27). The first kappa shape index (κ1) is 20.8. The minimum absolute atomic E-state index is 0.0665. The second-order valence-electron chi connectivity index (χ2n) is 6.55. The lowest BCUT2D eigenvalue weighted by Crippen LogP contribution is -2.27. The van der Waals surface area contributed by atoms with Crippen LogP contribution >= 0.6 is 34.7 Å². The molecular formula is C21H19ClN4O2S2. The Kier molecular flexibility index (Phi) is 6.99. The average molecular weight is 459 g/mol. The Balaban J connectivity index is 1.18. The molecule has 1 amide bonds. The van der Waals surface area contributed by atoms with Crippen LogP contribution in [-0.2, 0) is 24.1 Å². The molecule has 4 rings (SSSR count). The second-order valence-corrected chi connectivity index (χ2v) is 9.03. The number of nitrogens with zero attached hydrogens (tertiary/aromatic N) is 3. The van der Waals surface area contributed by atoms with Gasteiger partial charge in [0.1, 0.15) is 0 Å². The van der Waals surface area contributed by atoms with Crippen molar-refractivity contribution >= 4 is 50.8 Å². The van der Waals surface area contributed by atoms with Crippen LogP contribution in [-0.4, -0.2) is 33.4 Å². The number of carbonyl (C=O) groups excluding carboxylic acids is 1. The quantitative estimate of drug-likeness (QED) is 0.370. The molecule has 1 N–H and O–H groups in total. The monoisotopic (exact) mass is 458 g/mol. The van der Waals surface area contributed by atoms with Crippen molar-refractivity contribution in [3.05, 3.63) is 70.0 Å². The van der Waals surface area contributed by atoms with E-state index in [1.165, 1.54) is 16.5 Å². The highest BCUT2D eigenvalue weighted by Gasteiger charge is 2.11. The zero-order chi connectivity index (χ0) is 20.8. The van der Waals surface area contributed by atoms with Gasteiger partial charge in [-0.2, -0.15) is 0 Å². The summed E-state index contributed by atoms with van der Waals surface area (Å²) in [6, 6.07) is 15.7. The van der Waals surface area contributed by atoms with E-state index in [1.54, 1.807) is 11.3 Å². The van der Waals surface area contributed by atoms with Gasteiger partial charge in [0, 0.05) is 24.4 Å². The molecule has 0 radical (unpaired) electrons. The number of aromatic nitrogens is 3. The Morgan fingerprint density at radius 3 is 2.73 bits per heavy atom. The first-order valence-electron chi connectivity index (χ1n) is 9.46. The molecule has 154 valence electrons. The molecule has 0 atom stereocenters. The minimum atomic E-state index is -0.0665. The number of para-hydroxylation sites is 1. The number of halogens is 1. The maximum atomic E-state index is 12.0. The Bertz CT molecular complexity index is 1090. The maximum Gasteiger partial charge on any atom is 0.277 e. The van der Waals surface area contributed by atoms with E-state index >= 15 is 0 Å². The molecule has 0 aliphatic rings. The molecule has 0 fully saturated rings. The number of amides is 1. The van der Waals surface area contributed by atoms with Crippen molar-refractivity contribution in [1.29, 1.82) is 0 Å². The topological polar surface area (TPSA) is 80.9 Å². The summed E-state index contributed by atoms with van der Waals surface area (Å²) in [5.74, 6) is 0.725. The Labute approximate surface area is 187 Å². The van der Waals surface area contributed by atoms with E-state index in [0.29, 0.717) is 29.1 Å². The number of benzene rings is 2. The smallest absolute Gasteiger partial charge is 0.277 e. The predicted octanol–water partition coefficient (Wildman–Crippen LogP) is 4.57. The van der Waals surface area contributed by atoms with Crippen LogP contribution in [0.4, 0.5) is 0 Å². The van der Waals surface area contributed by atoms with Gasteiger partial charge in [-0.1, -0.05) is 47.6 Å². The Morgan fingerprint density at radius 2 is 1.90 bits per heavy atom. The summed E-state index contributed by atoms with van der Waals surface area (Å²) in [4.78, 5) is 16.6. The van der Waals surface area contributed by atoms with Crippen LogP contribution in [0.25, 0.3) is 10.2 Å². The molecule has 30 heavy (non-hydrogen) atoms. The minimum Gasteiger partial charge on any atom is -0.416 e. The summed E-state index contributed by atoms with van der Waals surface area (Å²) in [7, 11) is 0. The lowest BCUT2D eigenvalue weighted by Gasteiger charge is -2.04. The molecule has 0 saturated carbocycles. The van der Waals surface area contributed by atoms with Crippen molar-refractivity contribution in [2.24, 2.45) is 0 Å². The number of aryl methyl sites for hydroxylation is 2. The first-order valence-corrected chi connectivity index (χ1v) is 11.6. The highest BCUT2D eigenvalue weighted by molar-refractivity contribution is 7.99. The summed E-state index contributed by atoms with van der Waals surface area (Å²) in [5.41, 5.74) is 2.14. The van der Waals surface area contributed by atoms with Crippen LogP contribution in [0, 0.1) is 0 Å². The number of thiazole rings is 1. The normalized spacial score (nSPS) is 11.1. The molecule has 0 aliphatic heterocycles. The number of hydrogen-bond acceptors (Lipinski definition) is 7. The van der Waals surface area contributed by atoms with Gasteiger partial charge in [0.25, 0.3) is 5.22 Å².